The predicted molar refractivity (Wildman–Crippen MR) is 218 cm³/mol. The molecule has 0 bridgehead atoms. The maximum atomic E-state index is 8.53. The maximum absolute atomic E-state index is 8.53. The first-order chi connectivity index (χ1) is 23.4. The molecule has 0 amide bonds. The Morgan fingerprint density at radius 3 is 1.88 bits per heavy atom. The van der Waals surface area contributed by atoms with Crippen molar-refractivity contribution in [2.24, 2.45) is 0 Å². The Morgan fingerprint density at radius 1 is 0.673 bits per heavy atom. The number of halogens is 2. The van der Waals surface area contributed by atoms with Gasteiger partial charge in [0.2, 0.25) is 0 Å². The third kappa shape index (κ3) is 6.87. The Labute approximate surface area is 305 Å². The molecule has 0 N–H and O–H groups in total. The average molecular weight is 786 g/mol. The van der Waals surface area contributed by atoms with Crippen LogP contribution in [-0.2, 0) is 27.4 Å². The SMILES string of the molecule is CCCCCCc1ccc(-c2cccc3c2C=C(CCC)[CH]3[Zr]([Cl])([Cl])([CH]2C=Cc3c(-c4ccc(C(C)(C)C)cc4)cccc32)[SiH](C)C)cc1. The normalized spacial score (nSPS) is 17.9. The van der Waals surface area contributed by atoms with E-state index >= 15 is 0 Å². The van der Waals surface area contributed by atoms with E-state index in [2.05, 4.69) is 151 Å². The molecule has 2 unspecified atom stereocenters. The van der Waals surface area contributed by atoms with E-state index in [1.807, 2.05) is 0 Å². The van der Waals surface area contributed by atoms with Gasteiger partial charge in [-0.3, -0.25) is 0 Å². The zero-order chi connectivity index (χ0) is 35.0. The summed E-state index contributed by atoms with van der Waals surface area (Å²) < 4.78 is 0.214. The van der Waals surface area contributed by atoms with Gasteiger partial charge in [-0.25, -0.2) is 0 Å². The minimum atomic E-state index is -4.72. The summed E-state index contributed by atoms with van der Waals surface area (Å²) in [7, 11) is 17.1. The van der Waals surface area contributed by atoms with Crippen LogP contribution in [0.15, 0.2) is 96.6 Å². The first-order valence-corrected chi connectivity index (χ1v) is 35.1. The van der Waals surface area contributed by atoms with Crippen LogP contribution in [0.2, 0.25) is 13.1 Å². The van der Waals surface area contributed by atoms with Gasteiger partial charge in [0.05, 0.1) is 0 Å². The summed E-state index contributed by atoms with van der Waals surface area (Å²) >= 11 is -4.72. The number of hydrogen-bond acceptors (Lipinski definition) is 0. The van der Waals surface area contributed by atoms with Crippen molar-refractivity contribution in [1.82, 2.24) is 0 Å². The van der Waals surface area contributed by atoms with Crippen molar-refractivity contribution in [3.63, 3.8) is 0 Å². The Hall–Kier alpha value is -1.96. The van der Waals surface area contributed by atoms with Crippen LogP contribution < -0.4 is 0 Å². The fourth-order valence-electron chi connectivity index (χ4n) is 8.57. The molecule has 2 atom stereocenters. The molecule has 4 aromatic carbocycles. The van der Waals surface area contributed by atoms with Gasteiger partial charge < -0.3 is 0 Å². The van der Waals surface area contributed by atoms with Crippen LogP contribution >= 0.6 is 17.0 Å². The van der Waals surface area contributed by atoms with Gasteiger partial charge in [0.15, 0.2) is 0 Å². The Kier molecular flexibility index (Phi) is 11.0. The van der Waals surface area contributed by atoms with E-state index in [4.69, 9.17) is 17.0 Å². The van der Waals surface area contributed by atoms with E-state index in [1.165, 1.54) is 86.9 Å². The number of fused-ring (bicyclic) bond motifs is 2. The summed E-state index contributed by atoms with van der Waals surface area (Å²) in [4.78, 5) is 0. The molecule has 0 saturated carbocycles. The topological polar surface area (TPSA) is 0 Å². The number of allylic oxidation sites excluding steroid dienone is 2. The van der Waals surface area contributed by atoms with Crippen LogP contribution in [0.25, 0.3) is 34.4 Å². The van der Waals surface area contributed by atoms with E-state index in [1.54, 1.807) is 0 Å². The number of aryl methyl sites for hydroxylation is 1. The van der Waals surface area contributed by atoms with Crippen LogP contribution in [0.5, 0.6) is 0 Å². The van der Waals surface area contributed by atoms with Gasteiger partial charge in [0, 0.05) is 0 Å². The fraction of sp³-hybridized carbons (Fsp3) is 0.378. The van der Waals surface area contributed by atoms with Crippen molar-refractivity contribution in [2.75, 3.05) is 0 Å². The number of rotatable bonds is 12. The summed E-state index contributed by atoms with van der Waals surface area (Å²) in [6, 6.07) is 32.2. The molecule has 0 aliphatic heterocycles. The average Bonchev–Trinajstić information content (AvgIpc) is 3.70. The van der Waals surface area contributed by atoms with Gasteiger partial charge in [-0.15, -0.1) is 0 Å². The molecule has 0 aromatic heterocycles. The summed E-state index contributed by atoms with van der Waals surface area (Å²) in [5, 5.41) is 0. The molecule has 0 fully saturated rings. The molecule has 4 aromatic rings. The van der Waals surface area contributed by atoms with Crippen LogP contribution in [0.1, 0.15) is 114 Å². The molecule has 2 aliphatic rings. The van der Waals surface area contributed by atoms with Crippen LogP contribution in [0.4, 0.5) is 0 Å². The van der Waals surface area contributed by atoms with E-state index in [0.717, 1.165) is 19.3 Å². The molecule has 2 aliphatic carbocycles. The predicted octanol–water partition coefficient (Wildman–Crippen LogP) is 14.4. The van der Waals surface area contributed by atoms with Gasteiger partial charge in [-0.05, 0) is 0 Å². The van der Waals surface area contributed by atoms with Gasteiger partial charge in [0.25, 0.3) is 0 Å². The first kappa shape index (κ1) is 36.8. The molecule has 49 heavy (non-hydrogen) atoms. The zero-order valence-corrected chi connectivity index (χ0v) is 35.9. The monoisotopic (exact) mass is 783 g/mol. The minimum absolute atomic E-state index is 0.0899. The standard InChI is InChI=1S/C24H29.C19H19.C2H7Si.2ClH.Zr/c1-3-5-6-7-10-19-13-15-21(16-14-19)23-12-8-11-22-17-20(9-4-2)18-24(22)23;1-19(2,3)16-12-10-15(11-13-16)18-9-5-7-14-6-4-8-17(14)18;1-3-2;;;/h8,11-18H,3-7,9-10H2,1-2H3;4-13H,1-3H3;3H,1-2H3;2*1H;/q;;;;;+2/p-2. The first-order valence-electron chi connectivity index (χ1n) is 18.8. The second kappa shape index (κ2) is 14.6. The number of unbranched alkanes of at least 4 members (excludes halogenated alkanes) is 3. The molecular formula is C45H55Cl2SiZr. The van der Waals surface area contributed by atoms with E-state index in [-0.39, 0.29) is 12.7 Å². The van der Waals surface area contributed by atoms with Gasteiger partial charge in [-0.1, -0.05) is 13.3 Å². The van der Waals surface area contributed by atoms with Crippen molar-refractivity contribution in [1.29, 1.82) is 0 Å². The van der Waals surface area contributed by atoms with Crippen LogP contribution in [-0.4, -0.2) is 5.92 Å². The molecule has 0 heterocycles. The Bertz CT molecular complexity index is 1860. The Morgan fingerprint density at radius 2 is 1.29 bits per heavy atom. The zero-order valence-electron chi connectivity index (χ0n) is 30.8. The summed E-state index contributed by atoms with van der Waals surface area (Å²) in [6.07, 6.45) is 15.7. The molecule has 6 rings (SSSR count). The summed E-state index contributed by atoms with van der Waals surface area (Å²) in [6.45, 7) is 16.3. The number of hydrogen-bond donors (Lipinski definition) is 0. The fourth-order valence-corrected chi connectivity index (χ4v) is 38.0. The van der Waals surface area contributed by atoms with Crippen LogP contribution in [0, 0.1) is 0 Å². The number of benzene rings is 4. The van der Waals surface area contributed by atoms with E-state index in [0.29, 0.717) is 0 Å². The van der Waals surface area contributed by atoms with Crippen molar-refractivity contribution in [2.45, 2.75) is 105 Å². The molecule has 257 valence electrons. The van der Waals surface area contributed by atoms with E-state index in [9.17, 15) is 0 Å². The summed E-state index contributed by atoms with van der Waals surface area (Å²) in [5.41, 5.74) is 14.9. The van der Waals surface area contributed by atoms with Crippen molar-refractivity contribution in [3.8, 4) is 22.3 Å². The third-order valence-electron chi connectivity index (χ3n) is 11.5. The van der Waals surface area contributed by atoms with Gasteiger partial charge in [0.1, 0.15) is 0 Å². The molecule has 0 nitrogen and oxygen atoms in total. The second-order valence-corrected chi connectivity index (χ2v) is 58.7. The molecule has 0 saturated heterocycles. The molecule has 0 radical (unpaired) electrons. The third-order valence-corrected chi connectivity index (χ3v) is 63.5. The van der Waals surface area contributed by atoms with Crippen molar-refractivity contribution in [3.05, 3.63) is 130 Å². The Balaban J connectivity index is 1.41. The molecule has 0 spiro atoms. The van der Waals surface area contributed by atoms with Gasteiger partial charge >= 0.3 is 295 Å². The van der Waals surface area contributed by atoms with Crippen molar-refractivity contribution >= 4 is 35.1 Å². The molecule has 4 heteroatoms. The molecular weight excluding hydrogens is 731 g/mol. The second-order valence-electron chi connectivity index (χ2n) is 16.1. The van der Waals surface area contributed by atoms with Gasteiger partial charge in [-0.2, -0.15) is 0 Å². The quantitative estimate of drug-likeness (QED) is 0.0991. The van der Waals surface area contributed by atoms with Crippen LogP contribution in [0.3, 0.4) is 0 Å². The van der Waals surface area contributed by atoms with E-state index < -0.39 is 21.5 Å². The summed E-state index contributed by atoms with van der Waals surface area (Å²) in [5.74, 6) is -1.58. The van der Waals surface area contributed by atoms with Crippen molar-refractivity contribution < 1.29 is 15.6 Å².